The molecule has 1 aromatic heterocycles. The van der Waals surface area contributed by atoms with E-state index in [0.29, 0.717) is 12.0 Å². The molecule has 0 radical (unpaired) electrons. The highest BCUT2D eigenvalue weighted by Crippen LogP contribution is 2.41. The molecular weight excluding hydrogens is 342 g/mol. The highest BCUT2D eigenvalue weighted by Gasteiger charge is 2.45. The summed E-state index contributed by atoms with van der Waals surface area (Å²) in [5.74, 6) is 0.106. The Bertz CT molecular complexity index is 922. The largest absolute Gasteiger partial charge is 0.351 e. The van der Waals surface area contributed by atoms with Crippen LogP contribution in [0.5, 0.6) is 0 Å². The first kappa shape index (κ1) is 18.3. The van der Waals surface area contributed by atoms with E-state index in [1.165, 1.54) is 0 Å². The number of imidazole rings is 1. The quantitative estimate of drug-likeness (QED) is 0.827. The zero-order valence-corrected chi connectivity index (χ0v) is 16.4. The molecule has 7 heteroatoms. The summed E-state index contributed by atoms with van der Waals surface area (Å²) in [4.78, 5) is 27.1. The Morgan fingerprint density at radius 2 is 1.89 bits per heavy atom. The molecule has 2 aromatic rings. The van der Waals surface area contributed by atoms with Crippen LogP contribution in [0.15, 0.2) is 23.0 Å². The number of nitrogens with one attached hydrogen (secondary N) is 2. The number of likely N-dealkylation sites (tertiary alicyclic amines) is 1. The van der Waals surface area contributed by atoms with Crippen LogP contribution in [-0.4, -0.2) is 52.7 Å². The Morgan fingerprint density at radius 3 is 2.63 bits per heavy atom. The minimum atomic E-state index is -0.0482. The summed E-state index contributed by atoms with van der Waals surface area (Å²) >= 11 is 0. The van der Waals surface area contributed by atoms with Crippen molar-refractivity contribution >= 4 is 16.9 Å². The third-order valence-electron chi connectivity index (χ3n) is 6.51. The van der Waals surface area contributed by atoms with Crippen molar-refractivity contribution in [3.63, 3.8) is 0 Å². The Balaban J connectivity index is 1.44. The molecule has 3 heterocycles. The second-order valence-corrected chi connectivity index (χ2v) is 8.33. The molecule has 2 N–H and O–H groups in total. The van der Waals surface area contributed by atoms with Gasteiger partial charge >= 0.3 is 5.69 Å². The van der Waals surface area contributed by atoms with E-state index in [1.807, 2.05) is 18.2 Å². The highest BCUT2D eigenvalue weighted by atomic mass is 16.2. The Labute approximate surface area is 159 Å². The molecule has 1 atom stereocenters. The first-order valence-electron chi connectivity index (χ1n) is 9.73. The maximum atomic E-state index is 12.8. The van der Waals surface area contributed by atoms with Gasteiger partial charge in [-0.1, -0.05) is 6.07 Å². The number of amides is 1. The number of hydrogen-bond acceptors (Lipinski definition) is 4. The number of piperidine rings is 1. The Hall–Kier alpha value is -2.12. The van der Waals surface area contributed by atoms with Crippen molar-refractivity contribution in [2.75, 3.05) is 26.7 Å². The normalized spacial score (nSPS) is 22.6. The predicted octanol–water partition coefficient (Wildman–Crippen LogP) is 0.567. The molecule has 0 aliphatic carbocycles. The fourth-order valence-electron chi connectivity index (χ4n) is 4.85. The van der Waals surface area contributed by atoms with Gasteiger partial charge in [-0.25, -0.2) is 4.79 Å². The van der Waals surface area contributed by atoms with Crippen molar-refractivity contribution < 1.29 is 4.79 Å². The van der Waals surface area contributed by atoms with Gasteiger partial charge in [-0.3, -0.25) is 18.8 Å². The molecule has 1 amide bonds. The van der Waals surface area contributed by atoms with Gasteiger partial charge in [0.25, 0.3) is 0 Å². The molecule has 2 saturated heterocycles. The third kappa shape index (κ3) is 3.19. The summed E-state index contributed by atoms with van der Waals surface area (Å²) < 4.78 is 3.29. The zero-order valence-electron chi connectivity index (χ0n) is 16.4. The van der Waals surface area contributed by atoms with Gasteiger partial charge in [0.15, 0.2) is 0 Å². The van der Waals surface area contributed by atoms with Crippen LogP contribution in [0, 0.1) is 5.41 Å². The first-order chi connectivity index (χ1) is 12.9. The average Bonchev–Trinajstić information content (AvgIpc) is 3.10. The van der Waals surface area contributed by atoms with E-state index in [9.17, 15) is 9.59 Å². The van der Waals surface area contributed by atoms with Crippen LogP contribution < -0.4 is 16.3 Å². The van der Waals surface area contributed by atoms with E-state index in [2.05, 4.69) is 22.6 Å². The lowest BCUT2D eigenvalue weighted by Crippen LogP contribution is -2.41. The number of likely N-dealkylation sites (N-methyl/N-ethyl adjacent to an activating group) is 1. The summed E-state index contributed by atoms with van der Waals surface area (Å²) in [5.41, 5.74) is 3.06. The minimum absolute atomic E-state index is 0.0361. The van der Waals surface area contributed by atoms with Gasteiger partial charge in [0.2, 0.25) is 5.91 Å². The zero-order chi connectivity index (χ0) is 19.2. The molecule has 27 heavy (non-hydrogen) atoms. The van der Waals surface area contributed by atoms with E-state index >= 15 is 0 Å². The third-order valence-corrected chi connectivity index (χ3v) is 6.51. The number of aryl methyl sites for hydroxylation is 2. The van der Waals surface area contributed by atoms with E-state index in [1.54, 1.807) is 23.2 Å². The number of nitrogens with zero attached hydrogens (tertiary/aromatic N) is 3. The molecule has 146 valence electrons. The Morgan fingerprint density at radius 1 is 1.19 bits per heavy atom. The van der Waals surface area contributed by atoms with Crippen molar-refractivity contribution in [3.8, 4) is 0 Å². The standard InChI is InChI=1S/C20H29N5O2/c1-23-13-20(6-8-21-9-7-20)11-17(23)18(26)22-12-14-4-5-15-16(10-14)25(3)19(27)24(15)2/h4-5,10,17,21H,6-9,11-13H2,1-3H3,(H,22,26). The second kappa shape index (κ2) is 6.80. The maximum Gasteiger partial charge on any atom is 0.328 e. The number of hydrogen-bond donors (Lipinski definition) is 2. The topological polar surface area (TPSA) is 71.3 Å². The lowest BCUT2D eigenvalue weighted by Gasteiger charge is -2.33. The molecule has 2 aliphatic heterocycles. The Kier molecular flexibility index (Phi) is 4.60. The van der Waals surface area contributed by atoms with Crippen molar-refractivity contribution in [1.29, 1.82) is 0 Å². The summed E-state index contributed by atoms with van der Waals surface area (Å²) in [6, 6.07) is 5.87. The molecule has 4 rings (SSSR count). The van der Waals surface area contributed by atoms with Crippen LogP contribution in [-0.2, 0) is 25.4 Å². The minimum Gasteiger partial charge on any atom is -0.351 e. The van der Waals surface area contributed by atoms with Gasteiger partial charge in [-0.05, 0) is 62.5 Å². The lowest BCUT2D eigenvalue weighted by atomic mass is 9.77. The van der Waals surface area contributed by atoms with Crippen LogP contribution in [0.1, 0.15) is 24.8 Å². The maximum absolute atomic E-state index is 12.8. The van der Waals surface area contributed by atoms with Crippen LogP contribution >= 0.6 is 0 Å². The number of fused-ring (bicyclic) bond motifs is 1. The fraction of sp³-hybridized carbons (Fsp3) is 0.600. The summed E-state index contributed by atoms with van der Waals surface area (Å²) in [6.45, 7) is 3.59. The van der Waals surface area contributed by atoms with Crippen LogP contribution in [0.2, 0.25) is 0 Å². The van der Waals surface area contributed by atoms with E-state index in [4.69, 9.17) is 0 Å². The smallest absolute Gasteiger partial charge is 0.328 e. The van der Waals surface area contributed by atoms with Crippen molar-refractivity contribution in [1.82, 2.24) is 24.7 Å². The molecule has 2 fully saturated rings. The number of carbonyl (C=O) groups is 1. The van der Waals surface area contributed by atoms with Crippen molar-refractivity contribution in [2.24, 2.45) is 19.5 Å². The highest BCUT2D eigenvalue weighted by molar-refractivity contribution is 5.82. The summed E-state index contributed by atoms with van der Waals surface area (Å²) in [6.07, 6.45) is 3.25. The fourth-order valence-corrected chi connectivity index (χ4v) is 4.85. The van der Waals surface area contributed by atoms with Gasteiger partial charge in [0.05, 0.1) is 17.1 Å². The van der Waals surface area contributed by atoms with Crippen molar-refractivity contribution in [2.45, 2.75) is 31.8 Å². The van der Waals surface area contributed by atoms with Gasteiger partial charge in [0, 0.05) is 27.2 Å². The molecule has 0 saturated carbocycles. The molecule has 1 aromatic carbocycles. The van der Waals surface area contributed by atoms with Gasteiger partial charge in [-0.15, -0.1) is 0 Å². The lowest BCUT2D eigenvalue weighted by molar-refractivity contribution is -0.125. The van der Waals surface area contributed by atoms with E-state index < -0.39 is 0 Å². The molecule has 1 spiro atoms. The van der Waals surface area contributed by atoms with E-state index in [0.717, 1.165) is 55.5 Å². The second-order valence-electron chi connectivity index (χ2n) is 8.33. The first-order valence-corrected chi connectivity index (χ1v) is 9.73. The summed E-state index contributed by atoms with van der Waals surface area (Å²) in [5, 5.41) is 6.53. The number of rotatable bonds is 3. The van der Waals surface area contributed by atoms with Gasteiger partial charge in [-0.2, -0.15) is 0 Å². The average molecular weight is 371 g/mol. The predicted molar refractivity (Wildman–Crippen MR) is 106 cm³/mol. The van der Waals surface area contributed by atoms with Gasteiger partial charge < -0.3 is 10.6 Å². The molecule has 0 bridgehead atoms. The summed E-state index contributed by atoms with van der Waals surface area (Å²) in [7, 11) is 5.62. The van der Waals surface area contributed by atoms with E-state index in [-0.39, 0.29) is 17.6 Å². The van der Waals surface area contributed by atoms with Gasteiger partial charge in [0.1, 0.15) is 0 Å². The molecule has 7 nitrogen and oxygen atoms in total. The number of benzene rings is 1. The van der Waals surface area contributed by atoms with Crippen LogP contribution in [0.3, 0.4) is 0 Å². The monoisotopic (exact) mass is 371 g/mol. The number of carbonyl (C=O) groups excluding carboxylic acids is 1. The molecule has 1 unspecified atom stereocenters. The number of aromatic nitrogens is 2. The molecule has 2 aliphatic rings. The van der Waals surface area contributed by atoms with Crippen LogP contribution in [0.25, 0.3) is 11.0 Å². The van der Waals surface area contributed by atoms with Crippen LogP contribution in [0.4, 0.5) is 0 Å². The SMILES string of the molecule is CN1CC2(CCNCC2)CC1C(=O)NCc1ccc2c(c1)n(C)c(=O)n2C. The molecular formula is C20H29N5O2. The van der Waals surface area contributed by atoms with Crippen molar-refractivity contribution in [3.05, 3.63) is 34.2 Å².